The zero-order valence-electron chi connectivity index (χ0n) is 16.4. The van der Waals surface area contributed by atoms with Crippen LogP contribution in [-0.2, 0) is 6.54 Å². The molecule has 2 heterocycles. The SMILES string of the molecule is O=C(NC1CCN(C(=O)c2ccccc2F)CC1)c1ccc(Cn2cncn2)cc1. The number of piperidine rings is 1. The van der Waals surface area contributed by atoms with Gasteiger partial charge in [-0.05, 0) is 42.7 Å². The molecular weight excluding hydrogens is 385 g/mol. The number of rotatable bonds is 5. The van der Waals surface area contributed by atoms with E-state index in [2.05, 4.69) is 15.4 Å². The number of nitrogens with zero attached hydrogens (tertiary/aromatic N) is 4. The van der Waals surface area contributed by atoms with Crippen LogP contribution in [0.4, 0.5) is 4.39 Å². The van der Waals surface area contributed by atoms with Crippen molar-refractivity contribution in [1.82, 2.24) is 25.0 Å². The minimum absolute atomic E-state index is 0.0167. The Balaban J connectivity index is 1.29. The van der Waals surface area contributed by atoms with Crippen LogP contribution in [0.1, 0.15) is 39.1 Å². The molecule has 1 aromatic heterocycles. The first-order chi connectivity index (χ1) is 14.6. The van der Waals surface area contributed by atoms with Crippen LogP contribution in [0.15, 0.2) is 61.2 Å². The molecule has 2 amide bonds. The molecule has 2 aromatic carbocycles. The second-order valence-corrected chi connectivity index (χ2v) is 7.31. The lowest BCUT2D eigenvalue weighted by atomic mass is 10.0. The number of hydrogen-bond acceptors (Lipinski definition) is 4. The van der Waals surface area contributed by atoms with Crippen molar-refractivity contribution in [3.8, 4) is 0 Å². The minimum Gasteiger partial charge on any atom is -0.349 e. The monoisotopic (exact) mass is 407 g/mol. The summed E-state index contributed by atoms with van der Waals surface area (Å²) in [5.74, 6) is -0.952. The van der Waals surface area contributed by atoms with Crippen molar-refractivity contribution in [2.75, 3.05) is 13.1 Å². The lowest BCUT2D eigenvalue weighted by Gasteiger charge is -2.32. The zero-order chi connectivity index (χ0) is 20.9. The molecule has 0 saturated carbocycles. The van der Waals surface area contributed by atoms with Crippen molar-refractivity contribution < 1.29 is 14.0 Å². The maximum atomic E-state index is 13.9. The summed E-state index contributed by atoms with van der Waals surface area (Å²) in [7, 11) is 0. The van der Waals surface area contributed by atoms with E-state index >= 15 is 0 Å². The normalized spacial score (nSPS) is 14.5. The van der Waals surface area contributed by atoms with Gasteiger partial charge in [0.1, 0.15) is 18.5 Å². The van der Waals surface area contributed by atoms with Crippen molar-refractivity contribution in [2.24, 2.45) is 0 Å². The molecule has 8 heteroatoms. The number of amides is 2. The van der Waals surface area contributed by atoms with Gasteiger partial charge in [0.2, 0.25) is 0 Å². The Kier molecular flexibility index (Phi) is 5.83. The van der Waals surface area contributed by atoms with Crippen molar-refractivity contribution in [3.63, 3.8) is 0 Å². The summed E-state index contributed by atoms with van der Waals surface area (Å²) in [6, 6.07) is 13.4. The summed E-state index contributed by atoms with van der Waals surface area (Å²) in [5, 5.41) is 7.10. The first-order valence-corrected chi connectivity index (χ1v) is 9.86. The molecule has 1 N–H and O–H groups in total. The third-order valence-corrected chi connectivity index (χ3v) is 5.25. The highest BCUT2D eigenvalue weighted by Gasteiger charge is 2.26. The van der Waals surface area contributed by atoms with Crippen LogP contribution < -0.4 is 5.32 Å². The molecule has 0 atom stereocenters. The van der Waals surface area contributed by atoms with E-state index in [0.717, 1.165) is 5.56 Å². The van der Waals surface area contributed by atoms with E-state index in [-0.39, 0.29) is 23.4 Å². The Labute approximate surface area is 173 Å². The Morgan fingerprint density at radius 3 is 2.47 bits per heavy atom. The molecule has 4 rings (SSSR count). The van der Waals surface area contributed by atoms with Gasteiger partial charge in [-0.2, -0.15) is 5.10 Å². The predicted molar refractivity (Wildman–Crippen MR) is 108 cm³/mol. The molecule has 154 valence electrons. The summed E-state index contributed by atoms with van der Waals surface area (Å²) >= 11 is 0. The average Bonchev–Trinajstić information content (AvgIpc) is 3.28. The maximum Gasteiger partial charge on any atom is 0.256 e. The molecule has 0 unspecified atom stereocenters. The second kappa shape index (κ2) is 8.86. The highest BCUT2D eigenvalue weighted by Crippen LogP contribution is 2.16. The lowest BCUT2D eigenvalue weighted by Crippen LogP contribution is -2.46. The van der Waals surface area contributed by atoms with E-state index < -0.39 is 5.82 Å². The van der Waals surface area contributed by atoms with E-state index in [1.807, 2.05) is 12.1 Å². The van der Waals surface area contributed by atoms with Crippen molar-refractivity contribution in [1.29, 1.82) is 0 Å². The van der Waals surface area contributed by atoms with Gasteiger partial charge in [0, 0.05) is 24.7 Å². The molecular formula is C22H22FN5O2. The van der Waals surface area contributed by atoms with Gasteiger partial charge in [0.05, 0.1) is 12.1 Å². The summed E-state index contributed by atoms with van der Waals surface area (Å²) < 4.78 is 15.6. The molecule has 0 aliphatic carbocycles. The van der Waals surface area contributed by atoms with Gasteiger partial charge < -0.3 is 10.2 Å². The fourth-order valence-corrected chi connectivity index (χ4v) is 3.56. The Morgan fingerprint density at radius 1 is 1.07 bits per heavy atom. The van der Waals surface area contributed by atoms with Gasteiger partial charge in [-0.3, -0.25) is 9.59 Å². The zero-order valence-corrected chi connectivity index (χ0v) is 16.4. The number of aromatic nitrogens is 3. The molecule has 1 aliphatic heterocycles. The second-order valence-electron chi connectivity index (χ2n) is 7.31. The van der Waals surface area contributed by atoms with Gasteiger partial charge in [0.25, 0.3) is 11.8 Å². The van der Waals surface area contributed by atoms with Crippen molar-refractivity contribution in [3.05, 3.63) is 83.7 Å². The maximum absolute atomic E-state index is 13.9. The smallest absolute Gasteiger partial charge is 0.256 e. The Bertz CT molecular complexity index is 1010. The van der Waals surface area contributed by atoms with Gasteiger partial charge >= 0.3 is 0 Å². The molecule has 3 aromatic rings. The van der Waals surface area contributed by atoms with E-state index in [9.17, 15) is 14.0 Å². The lowest BCUT2D eigenvalue weighted by molar-refractivity contribution is 0.0693. The topological polar surface area (TPSA) is 80.1 Å². The minimum atomic E-state index is -0.509. The first kappa shape index (κ1) is 19.8. The predicted octanol–water partition coefficient (Wildman–Crippen LogP) is 2.50. The quantitative estimate of drug-likeness (QED) is 0.705. The largest absolute Gasteiger partial charge is 0.349 e. The fraction of sp³-hybridized carbons (Fsp3) is 0.273. The molecule has 7 nitrogen and oxygen atoms in total. The number of halogens is 1. The van der Waals surface area contributed by atoms with Crippen LogP contribution in [0.2, 0.25) is 0 Å². The van der Waals surface area contributed by atoms with Crippen molar-refractivity contribution in [2.45, 2.75) is 25.4 Å². The Hall–Kier alpha value is -3.55. The number of carbonyl (C=O) groups excluding carboxylic acids is 2. The Morgan fingerprint density at radius 2 is 1.80 bits per heavy atom. The standard InChI is InChI=1S/C22H22FN5O2/c23-20-4-2-1-3-19(20)22(30)27-11-9-18(10-12-27)26-21(29)17-7-5-16(6-8-17)13-28-15-24-14-25-28/h1-8,14-15,18H,9-13H2,(H,26,29). The average molecular weight is 407 g/mol. The summed E-state index contributed by atoms with van der Waals surface area (Å²) in [5.41, 5.74) is 1.70. The molecule has 30 heavy (non-hydrogen) atoms. The summed E-state index contributed by atoms with van der Waals surface area (Å²) in [4.78, 5) is 30.6. The van der Waals surface area contributed by atoms with Crippen LogP contribution in [0, 0.1) is 5.82 Å². The van der Waals surface area contributed by atoms with Gasteiger partial charge in [-0.15, -0.1) is 0 Å². The van der Waals surface area contributed by atoms with Gasteiger partial charge in [-0.25, -0.2) is 14.1 Å². The van der Waals surface area contributed by atoms with Crippen LogP contribution in [0.3, 0.4) is 0 Å². The third-order valence-electron chi connectivity index (χ3n) is 5.25. The van der Waals surface area contributed by atoms with Gasteiger partial charge in [-0.1, -0.05) is 24.3 Å². The van der Waals surface area contributed by atoms with E-state index in [0.29, 0.717) is 38.0 Å². The number of benzene rings is 2. The number of likely N-dealkylation sites (tertiary alicyclic amines) is 1. The van der Waals surface area contributed by atoms with Crippen LogP contribution in [0.25, 0.3) is 0 Å². The molecule has 0 bridgehead atoms. The summed E-state index contributed by atoms with van der Waals surface area (Å²) in [6.45, 7) is 1.56. The van der Waals surface area contributed by atoms with E-state index in [1.54, 1.807) is 40.2 Å². The number of nitrogens with one attached hydrogen (secondary N) is 1. The molecule has 0 spiro atoms. The highest BCUT2D eigenvalue weighted by atomic mass is 19.1. The van der Waals surface area contributed by atoms with Crippen molar-refractivity contribution >= 4 is 11.8 Å². The first-order valence-electron chi connectivity index (χ1n) is 9.86. The highest BCUT2D eigenvalue weighted by molar-refractivity contribution is 5.95. The van der Waals surface area contributed by atoms with Crippen LogP contribution in [-0.4, -0.2) is 50.6 Å². The molecule has 0 radical (unpaired) electrons. The van der Waals surface area contributed by atoms with E-state index in [4.69, 9.17) is 0 Å². The fourth-order valence-electron chi connectivity index (χ4n) is 3.56. The molecule has 1 saturated heterocycles. The third kappa shape index (κ3) is 4.53. The van der Waals surface area contributed by atoms with E-state index in [1.165, 1.54) is 18.5 Å². The van der Waals surface area contributed by atoms with Crippen LogP contribution in [0.5, 0.6) is 0 Å². The number of carbonyl (C=O) groups is 2. The number of hydrogen-bond donors (Lipinski definition) is 1. The molecule has 1 fully saturated rings. The van der Waals surface area contributed by atoms with Gasteiger partial charge in [0.15, 0.2) is 0 Å². The molecule has 1 aliphatic rings. The summed E-state index contributed by atoms with van der Waals surface area (Å²) in [6.07, 6.45) is 4.40. The van der Waals surface area contributed by atoms with Crippen LogP contribution >= 0.6 is 0 Å².